The summed E-state index contributed by atoms with van der Waals surface area (Å²) in [6.45, 7) is 5.30. The monoisotopic (exact) mass is 264 g/mol. The van der Waals surface area contributed by atoms with Crippen LogP contribution in [0.2, 0.25) is 0 Å². The van der Waals surface area contributed by atoms with Gasteiger partial charge in [0, 0.05) is 36.5 Å². The van der Waals surface area contributed by atoms with Gasteiger partial charge in [0.15, 0.2) is 0 Å². The van der Waals surface area contributed by atoms with E-state index >= 15 is 0 Å². The minimum atomic E-state index is 0.342. The van der Waals surface area contributed by atoms with E-state index < -0.39 is 0 Å². The maximum absolute atomic E-state index is 4.50. The molecule has 0 aliphatic carbocycles. The first-order chi connectivity index (χ1) is 9.79. The lowest BCUT2D eigenvalue weighted by Gasteiger charge is -2.15. The van der Waals surface area contributed by atoms with Gasteiger partial charge in [0.25, 0.3) is 0 Å². The molecule has 0 aromatic heterocycles. The SMILES string of the molecule is CCNc1ccc2cccc(C(C)C3=CCC=N3)c2c1. The number of anilines is 1. The van der Waals surface area contributed by atoms with Gasteiger partial charge in [-0.25, -0.2) is 0 Å². The Hall–Kier alpha value is -2.09. The lowest BCUT2D eigenvalue weighted by atomic mass is 9.92. The summed E-state index contributed by atoms with van der Waals surface area (Å²) in [4.78, 5) is 4.50. The van der Waals surface area contributed by atoms with E-state index in [1.54, 1.807) is 0 Å². The van der Waals surface area contributed by atoms with Crippen LogP contribution in [0.5, 0.6) is 0 Å². The zero-order valence-electron chi connectivity index (χ0n) is 12.1. The maximum atomic E-state index is 4.50. The lowest BCUT2D eigenvalue weighted by molar-refractivity contribution is 0.892. The van der Waals surface area contributed by atoms with Crippen LogP contribution in [0, 0.1) is 0 Å². The minimum Gasteiger partial charge on any atom is -0.385 e. The molecule has 2 aromatic carbocycles. The van der Waals surface area contributed by atoms with Crippen LogP contribution in [0.3, 0.4) is 0 Å². The molecular formula is C18H20N2. The predicted molar refractivity (Wildman–Crippen MR) is 87.7 cm³/mol. The molecule has 3 rings (SSSR count). The van der Waals surface area contributed by atoms with Gasteiger partial charge in [-0.3, -0.25) is 4.99 Å². The highest BCUT2D eigenvalue weighted by molar-refractivity contribution is 5.89. The number of nitrogens with one attached hydrogen (secondary N) is 1. The molecule has 0 amide bonds. The second-order valence-electron chi connectivity index (χ2n) is 5.21. The Kier molecular flexibility index (Phi) is 3.55. The van der Waals surface area contributed by atoms with Gasteiger partial charge in [-0.2, -0.15) is 0 Å². The van der Waals surface area contributed by atoms with Crippen molar-refractivity contribution in [1.29, 1.82) is 0 Å². The third-order valence-corrected chi connectivity index (χ3v) is 3.88. The molecule has 0 saturated heterocycles. The van der Waals surface area contributed by atoms with E-state index in [9.17, 15) is 0 Å². The number of nitrogens with zero attached hydrogens (tertiary/aromatic N) is 1. The molecule has 1 aliphatic heterocycles. The molecule has 1 heterocycles. The molecule has 2 aromatic rings. The van der Waals surface area contributed by atoms with E-state index in [-0.39, 0.29) is 0 Å². The van der Waals surface area contributed by atoms with E-state index in [1.165, 1.54) is 27.7 Å². The zero-order chi connectivity index (χ0) is 13.9. The van der Waals surface area contributed by atoms with Crippen LogP contribution in [0.25, 0.3) is 10.8 Å². The number of aliphatic imine (C=N–C) groups is 1. The number of rotatable bonds is 4. The van der Waals surface area contributed by atoms with Gasteiger partial charge in [-0.15, -0.1) is 0 Å². The van der Waals surface area contributed by atoms with Gasteiger partial charge in [-0.1, -0.05) is 37.3 Å². The summed E-state index contributed by atoms with van der Waals surface area (Å²) in [5.41, 5.74) is 3.72. The van der Waals surface area contributed by atoms with Crippen molar-refractivity contribution in [3.8, 4) is 0 Å². The first kappa shape index (κ1) is 12.9. The van der Waals surface area contributed by atoms with Crippen molar-refractivity contribution < 1.29 is 0 Å². The van der Waals surface area contributed by atoms with Gasteiger partial charge < -0.3 is 5.32 Å². The van der Waals surface area contributed by atoms with Crippen molar-refractivity contribution >= 4 is 22.7 Å². The molecule has 0 spiro atoms. The zero-order valence-corrected chi connectivity index (χ0v) is 12.1. The van der Waals surface area contributed by atoms with E-state index in [1.807, 2.05) is 6.21 Å². The fourth-order valence-electron chi connectivity index (χ4n) is 2.82. The molecule has 0 radical (unpaired) electrons. The fraction of sp³-hybridized carbons (Fsp3) is 0.278. The van der Waals surface area contributed by atoms with Crippen LogP contribution in [-0.2, 0) is 0 Å². The van der Waals surface area contributed by atoms with Crippen molar-refractivity contribution in [2.45, 2.75) is 26.2 Å². The summed E-state index contributed by atoms with van der Waals surface area (Å²) in [6.07, 6.45) is 5.17. The Bertz CT molecular complexity index is 683. The Morgan fingerprint density at radius 1 is 1.25 bits per heavy atom. The van der Waals surface area contributed by atoms with Crippen LogP contribution in [0.4, 0.5) is 5.69 Å². The summed E-state index contributed by atoms with van der Waals surface area (Å²) < 4.78 is 0. The smallest absolute Gasteiger partial charge is 0.0435 e. The Labute approximate surface area is 120 Å². The molecule has 2 nitrogen and oxygen atoms in total. The van der Waals surface area contributed by atoms with Crippen LogP contribution in [0.1, 0.15) is 31.7 Å². The summed E-state index contributed by atoms with van der Waals surface area (Å²) in [5, 5.41) is 6.00. The predicted octanol–water partition coefficient (Wildman–Crippen LogP) is 4.73. The van der Waals surface area contributed by atoms with Crippen molar-refractivity contribution in [1.82, 2.24) is 0 Å². The molecule has 102 valence electrons. The Morgan fingerprint density at radius 2 is 2.15 bits per heavy atom. The van der Waals surface area contributed by atoms with Crippen molar-refractivity contribution in [2.24, 2.45) is 4.99 Å². The standard InChI is InChI=1S/C18H20N2/c1-3-19-15-10-9-14-6-4-7-16(17(14)12-15)13(2)18-8-5-11-20-18/h4,6-13,19H,3,5H2,1-2H3. The average molecular weight is 264 g/mol. The molecule has 1 atom stereocenters. The number of hydrogen-bond acceptors (Lipinski definition) is 2. The summed E-state index contributed by atoms with van der Waals surface area (Å²) in [5.74, 6) is 0.342. The fourth-order valence-corrected chi connectivity index (χ4v) is 2.82. The molecule has 1 unspecified atom stereocenters. The Morgan fingerprint density at radius 3 is 2.90 bits per heavy atom. The summed E-state index contributed by atoms with van der Waals surface area (Å²) >= 11 is 0. The largest absolute Gasteiger partial charge is 0.385 e. The molecule has 1 N–H and O–H groups in total. The molecular weight excluding hydrogens is 244 g/mol. The lowest BCUT2D eigenvalue weighted by Crippen LogP contribution is -1.99. The van der Waals surface area contributed by atoms with Gasteiger partial charge in [0.2, 0.25) is 0 Å². The maximum Gasteiger partial charge on any atom is 0.0435 e. The number of fused-ring (bicyclic) bond motifs is 1. The van der Waals surface area contributed by atoms with Crippen LogP contribution < -0.4 is 5.32 Å². The topological polar surface area (TPSA) is 24.4 Å². The molecule has 2 heteroatoms. The van der Waals surface area contributed by atoms with Crippen molar-refractivity contribution in [2.75, 3.05) is 11.9 Å². The summed E-state index contributed by atoms with van der Waals surface area (Å²) in [7, 11) is 0. The third kappa shape index (κ3) is 2.34. The van der Waals surface area contributed by atoms with Crippen molar-refractivity contribution in [3.63, 3.8) is 0 Å². The first-order valence-corrected chi connectivity index (χ1v) is 7.28. The van der Waals surface area contributed by atoms with E-state index in [0.29, 0.717) is 5.92 Å². The van der Waals surface area contributed by atoms with Crippen LogP contribution >= 0.6 is 0 Å². The second kappa shape index (κ2) is 5.49. The van der Waals surface area contributed by atoms with Gasteiger partial charge in [-0.05, 0) is 35.4 Å². The van der Waals surface area contributed by atoms with Crippen LogP contribution in [0.15, 0.2) is 53.2 Å². The highest BCUT2D eigenvalue weighted by Crippen LogP contribution is 2.33. The minimum absolute atomic E-state index is 0.342. The van der Waals surface area contributed by atoms with Gasteiger partial charge in [0.1, 0.15) is 0 Å². The normalized spacial score (nSPS) is 15.4. The highest BCUT2D eigenvalue weighted by atomic mass is 14.8. The van der Waals surface area contributed by atoms with E-state index in [0.717, 1.165) is 13.0 Å². The van der Waals surface area contributed by atoms with E-state index in [4.69, 9.17) is 0 Å². The number of allylic oxidation sites excluding steroid dienone is 2. The summed E-state index contributed by atoms with van der Waals surface area (Å²) in [6, 6.07) is 13.1. The quantitative estimate of drug-likeness (QED) is 0.848. The van der Waals surface area contributed by atoms with Gasteiger partial charge >= 0.3 is 0 Å². The molecule has 0 saturated carbocycles. The average Bonchev–Trinajstić information content (AvgIpc) is 3.00. The third-order valence-electron chi connectivity index (χ3n) is 3.88. The molecule has 1 aliphatic rings. The molecule has 0 bridgehead atoms. The Balaban J connectivity index is 2.09. The second-order valence-corrected chi connectivity index (χ2v) is 5.21. The highest BCUT2D eigenvalue weighted by Gasteiger charge is 2.15. The first-order valence-electron chi connectivity index (χ1n) is 7.28. The van der Waals surface area contributed by atoms with Crippen LogP contribution in [-0.4, -0.2) is 12.8 Å². The molecule has 20 heavy (non-hydrogen) atoms. The van der Waals surface area contributed by atoms with E-state index in [2.05, 4.69) is 66.6 Å². The van der Waals surface area contributed by atoms with Gasteiger partial charge in [0.05, 0.1) is 0 Å². The van der Waals surface area contributed by atoms with Crippen molar-refractivity contribution in [3.05, 3.63) is 53.7 Å². The molecule has 0 fully saturated rings. The number of benzene rings is 2. The number of hydrogen-bond donors (Lipinski definition) is 1.